The molecule has 0 heterocycles. The van der Waals surface area contributed by atoms with Crippen LogP contribution in [0.15, 0.2) is 18.2 Å². The van der Waals surface area contributed by atoms with E-state index in [9.17, 15) is 14.5 Å². The van der Waals surface area contributed by atoms with Gasteiger partial charge in [-0.2, -0.15) is 0 Å². The monoisotopic (exact) mass is 184 g/mol. The molecule has 0 atom stereocenters. The zero-order chi connectivity index (χ0) is 9.84. The van der Waals surface area contributed by atoms with Crippen molar-refractivity contribution in [3.05, 3.63) is 39.7 Å². The Morgan fingerprint density at radius 3 is 2.77 bits per heavy atom. The molecule has 1 rings (SSSR count). The first-order valence-electron chi connectivity index (χ1n) is 3.78. The van der Waals surface area contributed by atoms with Gasteiger partial charge in [0.25, 0.3) is 5.69 Å². The van der Waals surface area contributed by atoms with Gasteiger partial charge in [0.2, 0.25) is 0 Å². The zero-order valence-electron chi connectivity index (χ0n) is 6.87. The molecule has 0 aromatic heterocycles. The highest BCUT2D eigenvalue weighted by Gasteiger charge is 2.13. The number of rotatable bonds is 3. The number of hydrogen-bond acceptors (Lipinski definition) is 3. The van der Waals surface area contributed by atoms with Crippen molar-refractivity contribution in [2.45, 2.75) is 6.42 Å². The summed E-state index contributed by atoms with van der Waals surface area (Å²) in [5.41, 5.74) is 5.51. The number of benzene rings is 1. The van der Waals surface area contributed by atoms with Crippen molar-refractivity contribution >= 4 is 5.69 Å². The maximum atomic E-state index is 12.6. The van der Waals surface area contributed by atoms with Gasteiger partial charge in [0.05, 0.1) is 11.0 Å². The van der Waals surface area contributed by atoms with Crippen molar-refractivity contribution in [1.29, 1.82) is 0 Å². The Balaban J connectivity index is 3.10. The van der Waals surface area contributed by atoms with Crippen LogP contribution in [0, 0.1) is 15.9 Å². The third kappa shape index (κ3) is 2.22. The van der Waals surface area contributed by atoms with Crippen LogP contribution in [0.4, 0.5) is 10.1 Å². The third-order valence-electron chi connectivity index (χ3n) is 1.66. The first-order chi connectivity index (χ1) is 6.15. The van der Waals surface area contributed by atoms with E-state index in [0.29, 0.717) is 18.5 Å². The smallest absolute Gasteiger partial charge is 0.275 e. The lowest BCUT2D eigenvalue weighted by molar-refractivity contribution is -0.385. The normalized spacial score (nSPS) is 10.0. The van der Waals surface area contributed by atoms with Gasteiger partial charge in [0.1, 0.15) is 5.82 Å². The van der Waals surface area contributed by atoms with E-state index in [1.807, 2.05) is 0 Å². The van der Waals surface area contributed by atoms with Crippen molar-refractivity contribution < 1.29 is 9.31 Å². The highest BCUT2D eigenvalue weighted by atomic mass is 19.1. The van der Waals surface area contributed by atoms with E-state index in [-0.39, 0.29) is 5.69 Å². The van der Waals surface area contributed by atoms with Gasteiger partial charge in [0.15, 0.2) is 0 Å². The molecule has 70 valence electrons. The summed E-state index contributed by atoms with van der Waals surface area (Å²) in [5, 5.41) is 10.4. The quantitative estimate of drug-likeness (QED) is 0.567. The fourth-order valence-corrected chi connectivity index (χ4v) is 1.07. The molecule has 0 fully saturated rings. The highest BCUT2D eigenvalue weighted by Crippen LogP contribution is 2.19. The predicted molar refractivity (Wildman–Crippen MR) is 45.8 cm³/mol. The van der Waals surface area contributed by atoms with E-state index in [2.05, 4.69) is 0 Å². The Morgan fingerprint density at radius 1 is 1.54 bits per heavy atom. The van der Waals surface area contributed by atoms with E-state index in [1.54, 1.807) is 0 Å². The average molecular weight is 184 g/mol. The molecule has 0 bridgehead atoms. The predicted octanol–water partition coefficient (Wildman–Crippen LogP) is 1.24. The van der Waals surface area contributed by atoms with Gasteiger partial charge < -0.3 is 5.73 Å². The van der Waals surface area contributed by atoms with E-state index >= 15 is 0 Å². The summed E-state index contributed by atoms with van der Waals surface area (Å²) >= 11 is 0. The second-order valence-electron chi connectivity index (χ2n) is 2.57. The van der Waals surface area contributed by atoms with Crippen LogP contribution in [-0.4, -0.2) is 11.5 Å². The Hall–Kier alpha value is -1.49. The number of nitro groups is 1. The summed E-state index contributed by atoms with van der Waals surface area (Å²) in [6.07, 6.45) is 0.386. The number of hydrogen-bond donors (Lipinski definition) is 1. The minimum absolute atomic E-state index is 0.203. The van der Waals surface area contributed by atoms with Crippen LogP contribution in [0.25, 0.3) is 0 Å². The second kappa shape index (κ2) is 3.95. The molecule has 1 aromatic rings. The number of nitro benzene ring substituents is 1. The second-order valence-corrected chi connectivity index (χ2v) is 2.57. The van der Waals surface area contributed by atoms with Gasteiger partial charge in [-0.3, -0.25) is 10.1 Å². The van der Waals surface area contributed by atoms with Crippen LogP contribution >= 0.6 is 0 Å². The lowest BCUT2D eigenvalue weighted by Gasteiger charge is -2.00. The molecule has 1 aromatic carbocycles. The Kier molecular flexibility index (Phi) is 2.92. The fourth-order valence-electron chi connectivity index (χ4n) is 1.07. The molecule has 0 saturated heterocycles. The Bertz CT molecular complexity index is 328. The van der Waals surface area contributed by atoms with E-state index in [1.165, 1.54) is 12.1 Å². The van der Waals surface area contributed by atoms with Crippen LogP contribution in [-0.2, 0) is 6.42 Å². The first kappa shape index (κ1) is 9.60. The van der Waals surface area contributed by atoms with Crippen LogP contribution < -0.4 is 5.73 Å². The summed E-state index contributed by atoms with van der Waals surface area (Å²) < 4.78 is 12.6. The van der Waals surface area contributed by atoms with Crippen molar-refractivity contribution in [2.24, 2.45) is 5.73 Å². The molecule has 0 spiro atoms. The summed E-state index contributed by atoms with van der Waals surface area (Å²) in [7, 11) is 0. The molecule has 4 nitrogen and oxygen atoms in total. The molecule has 0 unspecified atom stereocenters. The van der Waals surface area contributed by atoms with Crippen molar-refractivity contribution in [3.8, 4) is 0 Å². The van der Waals surface area contributed by atoms with Crippen LogP contribution in [0.5, 0.6) is 0 Å². The average Bonchev–Trinajstić information content (AvgIpc) is 2.08. The van der Waals surface area contributed by atoms with Crippen molar-refractivity contribution in [2.75, 3.05) is 6.54 Å². The topological polar surface area (TPSA) is 69.2 Å². The number of nitrogens with two attached hydrogens (primary N) is 1. The summed E-state index contributed by atoms with van der Waals surface area (Å²) in [5.74, 6) is -0.604. The zero-order valence-corrected chi connectivity index (χ0v) is 6.87. The Morgan fingerprint density at radius 2 is 2.23 bits per heavy atom. The molecule has 0 aliphatic heterocycles. The standard InChI is InChI=1S/C8H9FN2O2/c9-7-2-1-6(3-4-10)8(5-7)11(12)13/h1-2,5H,3-4,10H2. The molecule has 2 N–H and O–H groups in total. The van der Waals surface area contributed by atoms with E-state index in [0.717, 1.165) is 6.07 Å². The minimum atomic E-state index is -0.604. The molecule has 0 aliphatic carbocycles. The molecule has 5 heteroatoms. The van der Waals surface area contributed by atoms with Gasteiger partial charge in [-0.25, -0.2) is 4.39 Å². The molecular weight excluding hydrogens is 175 g/mol. The third-order valence-corrected chi connectivity index (χ3v) is 1.66. The van der Waals surface area contributed by atoms with E-state index < -0.39 is 10.7 Å². The maximum Gasteiger partial charge on any atom is 0.275 e. The van der Waals surface area contributed by atoms with Gasteiger partial charge in [-0.1, -0.05) is 0 Å². The van der Waals surface area contributed by atoms with Crippen LogP contribution in [0.1, 0.15) is 5.56 Å². The van der Waals surface area contributed by atoms with Crippen molar-refractivity contribution in [3.63, 3.8) is 0 Å². The Labute approximate surface area is 74.3 Å². The van der Waals surface area contributed by atoms with Gasteiger partial charge in [-0.15, -0.1) is 0 Å². The summed E-state index contributed by atoms with van der Waals surface area (Å²) in [6.45, 7) is 0.312. The molecule has 0 aliphatic rings. The largest absolute Gasteiger partial charge is 0.330 e. The fraction of sp³-hybridized carbons (Fsp3) is 0.250. The molecular formula is C8H9FN2O2. The minimum Gasteiger partial charge on any atom is -0.330 e. The molecule has 0 saturated carbocycles. The summed E-state index contributed by atoms with van der Waals surface area (Å²) in [6, 6.07) is 3.49. The molecule has 0 radical (unpaired) electrons. The lowest BCUT2D eigenvalue weighted by atomic mass is 10.1. The van der Waals surface area contributed by atoms with Crippen molar-refractivity contribution in [1.82, 2.24) is 0 Å². The van der Waals surface area contributed by atoms with Gasteiger partial charge >= 0.3 is 0 Å². The maximum absolute atomic E-state index is 12.6. The van der Waals surface area contributed by atoms with Gasteiger partial charge in [0, 0.05) is 5.56 Å². The first-order valence-corrected chi connectivity index (χ1v) is 3.78. The lowest BCUT2D eigenvalue weighted by Crippen LogP contribution is -2.05. The van der Waals surface area contributed by atoms with Crippen LogP contribution in [0.3, 0.4) is 0 Å². The SMILES string of the molecule is NCCc1ccc(F)cc1[N+](=O)[O-]. The number of nitrogens with zero attached hydrogens (tertiary/aromatic N) is 1. The van der Waals surface area contributed by atoms with Crippen LogP contribution in [0.2, 0.25) is 0 Å². The highest BCUT2D eigenvalue weighted by molar-refractivity contribution is 5.40. The number of halogens is 1. The van der Waals surface area contributed by atoms with Gasteiger partial charge in [-0.05, 0) is 25.1 Å². The summed E-state index contributed by atoms with van der Waals surface area (Å²) in [4.78, 5) is 9.84. The molecule has 13 heavy (non-hydrogen) atoms. The molecule has 0 amide bonds. The van der Waals surface area contributed by atoms with E-state index in [4.69, 9.17) is 5.73 Å².